The number of ketones is 1. The largest absolute Gasteiger partial charge is 0.480 e. The van der Waals surface area contributed by atoms with Gasteiger partial charge in [0.2, 0.25) is 11.8 Å². The highest BCUT2D eigenvalue weighted by molar-refractivity contribution is 5.94. The lowest BCUT2D eigenvalue weighted by atomic mass is 9.86. The molecule has 0 heterocycles. The molecule has 0 radical (unpaired) electrons. The number of carboxylic acids is 1. The summed E-state index contributed by atoms with van der Waals surface area (Å²) in [5, 5.41) is 12.8. The topological polar surface area (TPSA) is 113 Å². The third-order valence-corrected chi connectivity index (χ3v) is 3.75. The van der Waals surface area contributed by atoms with Gasteiger partial charge in [-0.25, -0.2) is 0 Å². The van der Waals surface area contributed by atoms with Gasteiger partial charge < -0.3 is 15.7 Å². The summed E-state index contributed by atoms with van der Waals surface area (Å²) in [5.41, 5.74) is 0. The second-order valence-corrected chi connectivity index (χ2v) is 5.89. The van der Waals surface area contributed by atoms with Crippen LogP contribution in [0.25, 0.3) is 0 Å². The number of aliphatic carboxylic acids is 1. The number of Topliss-reactive ketones (excluding diaryl/α,β-unsaturated/α-hetero) is 1. The monoisotopic (exact) mass is 368 g/mol. The van der Waals surface area contributed by atoms with Gasteiger partial charge in [0.05, 0.1) is 6.04 Å². The molecule has 0 aliphatic rings. The van der Waals surface area contributed by atoms with E-state index in [1.807, 2.05) is 5.32 Å². The van der Waals surface area contributed by atoms with Crippen LogP contribution in [0.5, 0.6) is 0 Å². The number of alkyl halides is 3. The SMILES string of the molecule is CCC(C)C(NC(C)=O)C(=O)C(CC(=O)N[C@@H](C)C(=O)O)C(F)(F)F. The summed E-state index contributed by atoms with van der Waals surface area (Å²) in [6.07, 6.45) is -5.92. The zero-order valence-corrected chi connectivity index (χ0v) is 14.4. The minimum atomic E-state index is -5.01. The minimum absolute atomic E-state index is 0.337. The van der Waals surface area contributed by atoms with E-state index < -0.39 is 60.1 Å². The number of rotatable bonds is 9. The summed E-state index contributed by atoms with van der Waals surface area (Å²) < 4.78 is 39.8. The van der Waals surface area contributed by atoms with Gasteiger partial charge >= 0.3 is 12.1 Å². The molecule has 0 bridgehead atoms. The number of carbonyl (C=O) groups excluding carboxylic acids is 3. The molecule has 0 saturated heterocycles. The molecule has 0 aliphatic heterocycles. The Labute approximate surface area is 143 Å². The Balaban J connectivity index is 5.42. The summed E-state index contributed by atoms with van der Waals surface area (Å²) in [4.78, 5) is 45.9. The Morgan fingerprint density at radius 3 is 1.96 bits per heavy atom. The Bertz CT molecular complexity index is 522. The molecule has 10 heteroatoms. The van der Waals surface area contributed by atoms with Crippen LogP contribution in [-0.2, 0) is 19.2 Å². The molecule has 0 rings (SSSR count). The van der Waals surface area contributed by atoms with Crippen LogP contribution >= 0.6 is 0 Å². The Morgan fingerprint density at radius 2 is 1.60 bits per heavy atom. The van der Waals surface area contributed by atoms with Crippen molar-refractivity contribution in [2.75, 3.05) is 0 Å². The molecule has 0 fully saturated rings. The second kappa shape index (κ2) is 9.38. The van der Waals surface area contributed by atoms with Crippen molar-refractivity contribution in [2.24, 2.45) is 11.8 Å². The molecule has 3 unspecified atom stereocenters. The number of carboxylic acid groups (broad SMARTS) is 1. The highest BCUT2D eigenvalue weighted by Gasteiger charge is 2.48. The van der Waals surface area contributed by atoms with Crippen molar-refractivity contribution in [3.8, 4) is 0 Å². The molecule has 0 aliphatic carbocycles. The third kappa shape index (κ3) is 7.53. The smallest absolute Gasteiger partial charge is 0.399 e. The average molecular weight is 368 g/mol. The lowest BCUT2D eigenvalue weighted by Crippen LogP contribution is -2.51. The molecule has 0 aromatic rings. The molecule has 2 amide bonds. The summed E-state index contributed by atoms with van der Waals surface area (Å²) >= 11 is 0. The average Bonchev–Trinajstić information content (AvgIpc) is 2.47. The highest BCUT2D eigenvalue weighted by atomic mass is 19.4. The van der Waals surface area contributed by atoms with E-state index in [1.165, 1.54) is 6.92 Å². The van der Waals surface area contributed by atoms with Crippen LogP contribution in [0.15, 0.2) is 0 Å². The maximum atomic E-state index is 13.3. The maximum Gasteiger partial charge on any atom is 0.399 e. The van der Waals surface area contributed by atoms with E-state index in [0.717, 1.165) is 13.8 Å². The van der Waals surface area contributed by atoms with Crippen LogP contribution in [0.2, 0.25) is 0 Å². The van der Waals surface area contributed by atoms with Crippen molar-refractivity contribution in [1.82, 2.24) is 10.6 Å². The summed E-state index contributed by atoms with van der Waals surface area (Å²) in [6, 6.07) is -2.78. The van der Waals surface area contributed by atoms with Gasteiger partial charge in [-0.15, -0.1) is 0 Å². The quantitative estimate of drug-likeness (QED) is 0.567. The van der Waals surface area contributed by atoms with Crippen LogP contribution in [-0.4, -0.2) is 46.9 Å². The summed E-state index contributed by atoms with van der Waals surface area (Å²) in [6.45, 7) is 5.32. The fourth-order valence-corrected chi connectivity index (χ4v) is 2.09. The molecule has 3 N–H and O–H groups in total. The van der Waals surface area contributed by atoms with Crippen molar-refractivity contribution in [3.05, 3.63) is 0 Å². The molecule has 4 atom stereocenters. The first-order valence-electron chi connectivity index (χ1n) is 7.70. The van der Waals surface area contributed by atoms with Crippen molar-refractivity contribution >= 4 is 23.6 Å². The van der Waals surface area contributed by atoms with Crippen molar-refractivity contribution in [1.29, 1.82) is 0 Å². The number of hydrogen-bond acceptors (Lipinski definition) is 4. The molecule has 0 aromatic carbocycles. The number of carbonyl (C=O) groups is 4. The van der Waals surface area contributed by atoms with Crippen LogP contribution < -0.4 is 10.6 Å². The van der Waals surface area contributed by atoms with Gasteiger partial charge in [0.15, 0.2) is 5.78 Å². The molecule has 0 saturated carbocycles. The number of nitrogens with one attached hydrogen (secondary N) is 2. The van der Waals surface area contributed by atoms with Gasteiger partial charge in [-0.3, -0.25) is 19.2 Å². The third-order valence-electron chi connectivity index (χ3n) is 3.75. The standard InChI is InChI=1S/C15H23F3N2O5/c1-5-7(2)12(20-9(4)21)13(23)10(15(16,17)18)6-11(22)19-8(3)14(24)25/h7-8,10,12H,5-6H2,1-4H3,(H,19,22)(H,20,21)(H,24,25)/t7?,8-,10?,12?/m0/s1. The fourth-order valence-electron chi connectivity index (χ4n) is 2.09. The zero-order chi connectivity index (χ0) is 19.9. The molecule has 7 nitrogen and oxygen atoms in total. The lowest BCUT2D eigenvalue weighted by molar-refractivity contribution is -0.186. The van der Waals surface area contributed by atoms with Crippen LogP contribution in [0.3, 0.4) is 0 Å². The van der Waals surface area contributed by atoms with Gasteiger partial charge in [-0.2, -0.15) is 13.2 Å². The van der Waals surface area contributed by atoms with Crippen molar-refractivity contribution in [2.45, 2.75) is 58.8 Å². The summed E-state index contributed by atoms with van der Waals surface area (Å²) in [7, 11) is 0. The predicted molar refractivity (Wildman–Crippen MR) is 81.5 cm³/mol. The van der Waals surface area contributed by atoms with Gasteiger partial charge in [0, 0.05) is 13.3 Å². The van der Waals surface area contributed by atoms with E-state index in [-0.39, 0.29) is 0 Å². The number of hydrogen-bond donors (Lipinski definition) is 3. The van der Waals surface area contributed by atoms with Gasteiger partial charge in [0.1, 0.15) is 12.0 Å². The van der Waals surface area contributed by atoms with Crippen molar-refractivity contribution in [3.63, 3.8) is 0 Å². The summed E-state index contributed by atoms with van der Waals surface area (Å²) in [5.74, 6) is -7.82. The van der Waals surface area contributed by atoms with Crippen LogP contribution in [0, 0.1) is 11.8 Å². The van der Waals surface area contributed by atoms with Crippen molar-refractivity contribution < 1.29 is 37.5 Å². The number of amides is 2. The minimum Gasteiger partial charge on any atom is -0.480 e. The molecule has 0 aromatic heterocycles. The maximum absolute atomic E-state index is 13.3. The molecule has 25 heavy (non-hydrogen) atoms. The van der Waals surface area contributed by atoms with E-state index >= 15 is 0 Å². The molecular weight excluding hydrogens is 345 g/mol. The first-order valence-corrected chi connectivity index (χ1v) is 7.70. The van der Waals surface area contributed by atoms with Gasteiger partial charge in [-0.1, -0.05) is 20.3 Å². The molecule has 0 spiro atoms. The van der Waals surface area contributed by atoms with E-state index in [4.69, 9.17) is 5.11 Å². The van der Waals surface area contributed by atoms with Gasteiger partial charge in [0.25, 0.3) is 0 Å². The first-order chi connectivity index (χ1) is 11.3. The molecule has 144 valence electrons. The Kier molecular flexibility index (Phi) is 8.58. The normalized spacial score (nSPS) is 16.3. The number of halogens is 3. The van der Waals surface area contributed by atoms with E-state index in [1.54, 1.807) is 6.92 Å². The zero-order valence-electron chi connectivity index (χ0n) is 14.4. The van der Waals surface area contributed by atoms with Crippen LogP contribution in [0.1, 0.15) is 40.5 Å². The second-order valence-electron chi connectivity index (χ2n) is 5.89. The predicted octanol–water partition coefficient (Wildman–Crippen LogP) is 1.26. The van der Waals surface area contributed by atoms with Crippen LogP contribution in [0.4, 0.5) is 13.2 Å². The highest BCUT2D eigenvalue weighted by Crippen LogP contribution is 2.32. The Morgan fingerprint density at radius 1 is 1.08 bits per heavy atom. The van der Waals surface area contributed by atoms with E-state index in [9.17, 15) is 32.3 Å². The Hall–Kier alpha value is -2.13. The molecular formula is C15H23F3N2O5. The van der Waals surface area contributed by atoms with Gasteiger partial charge in [-0.05, 0) is 12.8 Å². The van der Waals surface area contributed by atoms with E-state index in [2.05, 4.69) is 5.32 Å². The lowest BCUT2D eigenvalue weighted by Gasteiger charge is -2.28. The fraction of sp³-hybridized carbons (Fsp3) is 0.733. The first kappa shape index (κ1) is 22.9. The van der Waals surface area contributed by atoms with E-state index in [0.29, 0.717) is 6.42 Å².